The van der Waals surface area contributed by atoms with Crippen molar-refractivity contribution in [1.29, 1.82) is 0 Å². The lowest BCUT2D eigenvalue weighted by Crippen LogP contribution is -2.31. The molecule has 0 aliphatic carbocycles. The first-order chi connectivity index (χ1) is 7.67. The second kappa shape index (κ2) is 6.48. The molecule has 1 heterocycles. The van der Waals surface area contributed by atoms with Crippen LogP contribution in [-0.2, 0) is 6.42 Å². The van der Waals surface area contributed by atoms with E-state index < -0.39 is 0 Å². The van der Waals surface area contributed by atoms with Crippen molar-refractivity contribution in [3.05, 3.63) is 5.89 Å². The van der Waals surface area contributed by atoms with Gasteiger partial charge in [0, 0.05) is 26.6 Å². The normalized spacial score (nSPS) is 12.8. The van der Waals surface area contributed by atoms with Gasteiger partial charge in [-0.2, -0.15) is 4.98 Å². The minimum Gasteiger partial charge on any atom is -0.344 e. The minimum atomic E-state index is 0.426. The molecule has 1 aromatic heterocycles. The molecule has 0 fully saturated rings. The van der Waals surface area contributed by atoms with Gasteiger partial charge in [-0.25, -0.2) is 0 Å². The zero-order valence-corrected chi connectivity index (χ0v) is 10.7. The first-order valence-electron chi connectivity index (χ1n) is 5.90. The Hall–Kier alpha value is -1.10. The average Bonchev–Trinajstić information content (AvgIpc) is 2.72. The van der Waals surface area contributed by atoms with Crippen molar-refractivity contribution >= 4 is 5.95 Å². The van der Waals surface area contributed by atoms with E-state index in [1.54, 1.807) is 0 Å². The molecule has 0 saturated heterocycles. The molecule has 0 saturated carbocycles. The molecule has 1 rings (SSSR count). The van der Waals surface area contributed by atoms with E-state index in [0.717, 1.165) is 25.8 Å². The Balaban J connectivity index is 2.49. The summed E-state index contributed by atoms with van der Waals surface area (Å²) < 4.78 is 5.20. The highest BCUT2D eigenvalue weighted by molar-refractivity contribution is 5.23. The molecule has 0 spiro atoms. The van der Waals surface area contributed by atoms with Crippen LogP contribution in [0.5, 0.6) is 0 Å². The van der Waals surface area contributed by atoms with E-state index in [4.69, 9.17) is 4.52 Å². The van der Waals surface area contributed by atoms with E-state index in [-0.39, 0.29) is 0 Å². The van der Waals surface area contributed by atoms with Crippen LogP contribution < -0.4 is 10.2 Å². The average molecular weight is 226 g/mol. The predicted octanol–water partition coefficient (Wildman–Crippen LogP) is 1.46. The standard InChI is InChI=1S/C11H22N4O/c1-5-7-12-9(6-2)8-10-13-11(14-16-10)15(3)4/h9,12H,5-8H2,1-4H3. The lowest BCUT2D eigenvalue weighted by Gasteiger charge is -2.13. The van der Waals surface area contributed by atoms with Crippen molar-refractivity contribution in [3.63, 3.8) is 0 Å². The molecule has 0 bridgehead atoms. The summed E-state index contributed by atoms with van der Waals surface area (Å²) in [5, 5.41) is 7.36. The largest absolute Gasteiger partial charge is 0.344 e. The van der Waals surface area contributed by atoms with Crippen LogP contribution in [-0.4, -0.2) is 36.8 Å². The molecule has 0 aromatic carbocycles. The summed E-state index contributed by atoms with van der Waals surface area (Å²) in [5.74, 6) is 1.35. The van der Waals surface area contributed by atoms with Gasteiger partial charge in [0.2, 0.25) is 5.89 Å². The highest BCUT2D eigenvalue weighted by Crippen LogP contribution is 2.08. The van der Waals surface area contributed by atoms with Crippen LogP contribution in [0.25, 0.3) is 0 Å². The number of nitrogens with one attached hydrogen (secondary N) is 1. The van der Waals surface area contributed by atoms with Gasteiger partial charge >= 0.3 is 0 Å². The molecule has 1 aromatic rings. The van der Waals surface area contributed by atoms with Crippen molar-refractivity contribution in [1.82, 2.24) is 15.5 Å². The monoisotopic (exact) mass is 226 g/mol. The topological polar surface area (TPSA) is 54.2 Å². The summed E-state index contributed by atoms with van der Waals surface area (Å²) in [4.78, 5) is 6.15. The SMILES string of the molecule is CCCNC(CC)Cc1nc(N(C)C)no1. The van der Waals surface area contributed by atoms with Gasteiger partial charge in [0.15, 0.2) is 0 Å². The van der Waals surface area contributed by atoms with E-state index in [1.807, 2.05) is 19.0 Å². The van der Waals surface area contributed by atoms with Gasteiger partial charge in [0.1, 0.15) is 0 Å². The molecule has 0 aliphatic rings. The first kappa shape index (κ1) is 13.0. The van der Waals surface area contributed by atoms with Crippen LogP contribution in [0.1, 0.15) is 32.6 Å². The van der Waals surface area contributed by atoms with Gasteiger partial charge in [-0.1, -0.05) is 13.8 Å². The van der Waals surface area contributed by atoms with Gasteiger partial charge in [-0.05, 0) is 24.5 Å². The van der Waals surface area contributed by atoms with Crippen molar-refractivity contribution in [2.45, 2.75) is 39.2 Å². The Kier molecular flexibility index (Phi) is 5.25. The third-order valence-electron chi connectivity index (χ3n) is 2.45. The third-order valence-corrected chi connectivity index (χ3v) is 2.45. The van der Waals surface area contributed by atoms with Crippen molar-refractivity contribution in [2.24, 2.45) is 0 Å². The predicted molar refractivity (Wildman–Crippen MR) is 64.7 cm³/mol. The maximum absolute atomic E-state index is 5.20. The fraction of sp³-hybridized carbons (Fsp3) is 0.818. The maximum Gasteiger partial charge on any atom is 0.265 e. The molecule has 1 atom stereocenters. The quantitative estimate of drug-likeness (QED) is 0.762. The molecule has 0 aliphatic heterocycles. The third kappa shape index (κ3) is 3.81. The number of hydrogen-bond acceptors (Lipinski definition) is 5. The first-order valence-corrected chi connectivity index (χ1v) is 5.90. The fourth-order valence-corrected chi connectivity index (χ4v) is 1.43. The van der Waals surface area contributed by atoms with E-state index in [0.29, 0.717) is 17.9 Å². The van der Waals surface area contributed by atoms with Crippen molar-refractivity contribution < 1.29 is 4.52 Å². The van der Waals surface area contributed by atoms with E-state index in [2.05, 4.69) is 29.3 Å². The Labute approximate surface area is 97.2 Å². The van der Waals surface area contributed by atoms with E-state index in [9.17, 15) is 0 Å². The second-order valence-electron chi connectivity index (χ2n) is 4.15. The molecular weight excluding hydrogens is 204 g/mol. The second-order valence-corrected chi connectivity index (χ2v) is 4.15. The van der Waals surface area contributed by atoms with E-state index >= 15 is 0 Å². The van der Waals surface area contributed by atoms with Gasteiger partial charge in [0.05, 0.1) is 0 Å². The summed E-state index contributed by atoms with van der Waals surface area (Å²) in [6, 6.07) is 0.426. The van der Waals surface area contributed by atoms with Crippen molar-refractivity contribution in [2.75, 3.05) is 25.5 Å². The maximum atomic E-state index is 5.20. The number of anilines is 1. The molecule has 0 radical (unpaired) electrons. The molecule has 1 unspecified atom stereocenters. The van der Waals surface area contributed by atoms with Crippen LogP contribution in [0.3, 0.4) is 0 Å². The van der Waals surface area contributed by atoms with Crippen molar-refractivity contribution in [3.8, 4) is 0 Å². The van der Waals surface area contributed by atoms with E-state index in [1.165, 1.54) is 0 Å². The van der Waals surface area contributed by atoms with Gasteiger partial charge in [0.25, 0.3) is 5.95 Å². The Morgan fingerprint density at radius 2 is 2.12 bits per heavy atom. The minimum absolute atomic E-state index is 0.426. The highest BCUT2D eigenvalue weighted by Gasteiger charge is 2.13. The summed E-state index contributed by atoms with van der Waals surface area (Å²) in [6.45, 7) is 5.36. The Bertz CT molecular complexity index is 298. The van der Waals surface area contributed by atoms with Crippen LogP contribution in [0.15, 0.2) is 4.52 Å². The number of hydrogen-bond donors (Lipinski definition) is 1. The molecule has 16 heavy (non-hydrogen) atoms. The summed E-state index contributed by atoms with van der Waals surface area (Å²) in [7, 11) is 3.81. The van der Waals surface area contributed by atoms with Crippen LogP contribution in [0.2, 0.25) is 0 Å². The Morgan fingerprint density at radius 3 is 2.62 bits per heavy atom. The zero-order valence-electron chi connectivity index (χ0n) is 10.7. The number of rotatable bonds is 7. The zero-order chi connectivity index (χ0) is 12.0. The van der Waals surface area contributed by atoms with Crippen LogP contribution >= 0.6 is 0 Å². The van der Waals surface area contributed by atoms with Gasteiger partial charge < -0.3 is 14.7 Å². The summed E-state index contributed by atoms with van der Waals surface area (Å²) >= 11 is 0. The molecule has 0 amide bonds. The lowest BCUT2D eigenvalue weighted by atomic mass is 10.1. The number of nitrogens with zero attached hydrogens (tertiary/aromatic N) is 3. The van der Waals surface area contributed by atoms with Crippen LogP contribution in [0, 0.1) is 0 Å². The molecular formula is C11H22N4O. The fourth-order valence-electron chi connectivity index (χ4n) is 1.43. The molecule has 92 valence electrons. The van der Waals surface area contributed by atoms with Gasteiger partial charge in [-0.15, -0.1) is 0 Å². The van der Waals surface area contributed by atoms with Crippen LogP contribution in [0.4, 0.5) is 5.95 Å². The molecule has 5 heteroatoms. The number of aromatic nitrogens is 2. The summed E-state index contributed by atoms with van der Waals surface area (Å²) in [5.41, 5.74) is 0. The molecule has 1 N–H and O–H groups in total. The Morgan fingerprint density at radius 1 is 1.38 bits per heavy atom. The lowest BCUT2D eigenvalue weighted by molar-refractivity contribution is 0.353. The van der Waals surface area contributed by atoms with Gasteiger partial charge in [-0.3, -0.25) is 0 Å². The summed E-state index contributed by atoms with van der Waals surface area (Å²) in [6.07, 6.45) is 3.01. The smallest absolute Gasteiger partial charge is 0.265 e. The molecule has 5 nitrogen and oxygen atoms in total. The highest BCUT2D eigenvalue weighted by atomic mass is 16.5.